The molecule has 0 saturated carbocycles. The van der Waals surface area contributed by atoms with E-state index in [0.717, 1.165) is 12.1 Å². The van der Waals surface area contributed by atoms with Crippen molar-refractivity contribution in [2.24, 2.45) is 0 Å². The highest BCUT2D eigenvalue weighted by Gasteiger charge is 2.33. The molecule has 2 aromatic carbocycles. The van der Waals surface area contributed by atoms with E-state index in [1.807, 2.05) is 0 Å². The Balaban J connectivity index is 1.93. The number of rotatable bonds is 5. The van der Waals surface area contributed by atoms with Gasteiger partial charge in [0.05, 0.1) is 17.2 Å². The molecule has 0 bridgehead atoms. The van der Waals surface area contributed by atoms with Gasteiger partial charge >= 0.3 is 6.18 Å². The molecule has 0 spiro atoms. The Morgan fingerprint density at radius 2 is 1.78 bits per heavy atom. The zero-order valence-electron chi connectivity index (χ0n) is 11.8. The predicted molar refractivity (Wildman–Crippen MR) is 76.5 cm³/mol. The van der Waals surface area contributed by atoms with Crippen LogP contribution in [0.2, 0.25) is 0 Å². The largest absolute Gasteiger partial charge is 0.492 e. The van der Waals surface area contributed by atoms with Gasteiger partial charge in [-0.1, -0.05) is 0 Å². The summed E-state index contributed by atoms with van der Waals surface area (Å²) < 4.78 is 56.5. The molecule has 0 radical (unpaired) electrons. The van der Waals surface area contributed by atoms with Crippen molar-refractivity contribution in [3.63, 3.8) is 0 Å². The summed E-state index contributed by atoms with van der Waals surface area (Å²) in [6.07, 6.45) is -4.59. The third-order valence-electron chi connectivity index (χ3n) is 2.96. The van der Waals surface area contributed by atoms with E-state index >= 15 is 0 Å². The third kappa shape index (κ3) is 4.61. The lowest BCUT2D eigenvalue weighted by atomic mass is 10.1. The summed E-state index contributed by atoms with van der Waals surface area (Å²) in [6.45, 7) is 0.438. The Labute approximate surface area is 130 Å². The number of halogens is 4. The minimum absolute atomic E-state index is 0.187. The van der Waals surface area contributed by atoms with Crippen molar-refractivity contribution in [2.75, 3.05) is 18.5 Å². The molecule has 0 aliphatic rings. The zero-order valence-corrected chi connectivity index (χ0v) is 11.8. The van der Waals surface area contributed by atoms with Crippen LogP contribution in [0.4, 0.5) is 23.2 Å². The number of hydrogen-bond acceptors (Lipinski definition) is 3. The van der Waals surface area contributed by atoms with E-state index < -0.39 is 17.3 Å². The summed E-state index contributed by atoms with van der Waals surface area (Å²) in [4.78, 5) is 0. The molecule has 0 aromatic heterocycles. The Morgan fingerprint density at radius 1 is 1.09 bits per heavy atom. The van der Waals surface area contributed by atoms with E-state index in [1.54, 1.807) is 0 Å². The van der Waals surface area contributed by atoms with Gasteiger partial charge in [0.15, 0.2) is 0 Å². The first-order valence-corrected chi connectivity index (χ1v) is 6.64. The van der Waals surface area contributed by atoms with Crippen LogP contribution in [-0.2, 0) is 6.18 Å². The predicted octanol–water partition coefficient (Wildman–Crippen LogP) is 4.21. The van der Waals surface area contributed by atoms with Gasteiger partial charge in [0.2, 0.25) is 0 Å². The summed E-state index contributed by atoms with van der Waals surface area (Å²) >= 11 is 0. The lowest BCUT2D eigenvalue weighted by Gasteiger charge is -2.12. The van der Waals surface area contributed by atoms with Crippen LogP contribution >= 0.6 is 0 Å². The minimum atomic E-state index is -4.59. The van der Waals surface area contributed by atoms with Crippen molar-refractivity contribution in [1.29, 1.82) is 5.26 Å². The summed E-state index contributed by atoms with van der Waals surface area (Å²) in [5, 5.41) is 11.5. The van der Waals surface area contributed by atoms with Gasteiger partial charge in [0.25, 0.3) is 0 Å². The normalized spacial score (nSPS) is 10.9. The van der Waals surface area contributed by atoms with Gasteiger partial charge in [-0.05, 0) is 42.5 Å². The second kappa shape index (κ2) is 7.01. The van der Waals surface area contributed by atoms with Gasteiger partial charge in [-0.2, -0.15) is 18.4 Å². The standard InChI is InChI=1S/C16H12F4N2O/c17-12-2-5-14(6-3-12)23-8-7-22-13-4-1-11(10-21)15(9-13)16(18,19)20/h1-6,9,22H,7-8H2. The molecule has 0 aliphatic carbocycles. The first kappa shape index (κ1) is 16.6. The molecule has 3 nitrogen and oxygen atoms in total. The van der Waals surface area contributed by atoms with Gasteiger partial charge in [-0.25, -0.2) is 4.39 Å². The SMILES string of the molecule is N#Cc1ccc(NCCOc2ccc(F)cc2)cc1C(F)(F)F. The van der Waals surface area contributed by atoms with E-state index in [0.29, 0.717) is 5.75 Å². The molecule has 2 aromatic rings. The highest BCUT2D eigenvalue weighted by Crippen LogP contribution is 2.33. The van der Waals surface area contributed by atoms with E-state index in [4.69, 9.17) is 10.00 Å². The van der Waals surface area contributed by atoms with Gasteiger partial charge in [0.1, 0.15) is 18.2 Å². The van der Waals surface area contributed by atoms with Gasteiger partial charge in [-0.3, -0.25) is 0 Å². The van der Waals surface area contributed by atoms with E-state index in [2.05, 4.69) is 5.32 Å². The second-order valence-electron chi connectivity index (χ2n) is 4.60. The molecule has 0 heterocycles. The molecule has 0 aliphatic heterocycles. The molecule has 2 rings (SSSR count). The summed E-state index contributed by atoms with van der Waals surface area (Å²) in [5.74, 6) is 0.0803. The van der Waals surface area contributed by atoms with Crippen molar-refractivity contribution < 1.29 is 22.3 Å². The molecule has 1 N–H and O–H groups in total. The lowest BCUT2D eigenvalue weighted by Crippen LogP contribution is -2.13. The number of hydrogen-bond donors (Lipinski definition) is 1. The molecule has 0 amide bonds. The monoisotopic (exact) mass is 324 g/mol. The molecule has 23 heavy (non-hydrogen) atoms. The van der Waals surface area contributed by atoms with E-state index in [9.17, 15) is 17.6 Å². The number of alkyl halides is 3. The van der Waals surface area contributed by atoms with Gasteiger partial charge in [0, 0.05) is 12.2 Å². The summed E-state index contributed by atoms with van der Waals surface area (Å²) in [6, 6.07) is 10.3. The van der Waals surface area contributed by atoms with Crippen molar-refractivity contribution in [1.82, 2.24) is 0 Å². The first-order chi connectivity index (χ1) is 10.9. The van der Waals surface area contributed by atoms with E-state index in [1.165, 1.54) is 36.4 Å². The maximum Gasteiger partial charge on any atom is 0.417 e. The zero-order chi connectivity index (χ0) is 16.9. The molecule has 0 saturated heterocycles. The minimum Gasteiger partial charge on any atom is -0.492 e. The fraction of sp³-hybridized carbons (Fsp3) is 0.188. The lowest BCUT2D eigenvalue weighted by molar-refractivity contribution is -0.137. The highest BCUT2D eigenvalue weighted by molar-refractivity contribution is 5.53. The fourth-order valence-corrected chi connectivity index (χ4v) is 1.88. The van der Waals surface area contributed by atoms with Crippen molar-refractivity contribution in [3.05, 3.63) is 59.4 Å². The van der Waals surface area contributed by atoms with Gasteiger partial charge in [-0.15, -0.1) is 0 Å². The van der Waals surface area contributed by atoms with Crippen LogP contribution in [-0.4, -0.2) is 13.2 Å². The highest BCUT2D eigenvalue weighted by atomic mass is 19.4. The van der Waals surface area contributed by atoms with Crippen LogP contribution in [0.1, 0.15) is 11.1 Å². The Bertz CT molecular complexity index is 706. The molecular formula is C16H12F4N2O. The van der Waals surface area contributed by atoms with Crippen molar-refractivity contribution >= 4 is 5.69 Å². The van der Waals surface area contributed by atoms with Crippen LogP contribution in [0.15, 0.2) is 42.5 Å². The number of nitriles is 1. The molecular weight excluding hydrogens is 312 g/mol. The molecule has 7 heteroatoms. The second-order valence-corrected chi connectivity index (χ2v) is 4.60. The van der Waals surface area contributed by atoms with Crippen LogP contribution in [0.3, 0.4) is 0 Å². The molecule has 120 valence electrons. The third-order valence-corrected chi connectivity index (χ3v) is 2.96. The van der Waals surface area contributed by atoms with Crippen molar-refractivity contribution in [2.45, 2.75) is 6.18 Å². The summed E-state index contributed by atoms with van der Waals surface area (Å²) in [5.41, 5.74) is -1.17. The maximum atomic E-state index is 12.8. The molecule has 0 unspecified atom stereocenters. The quantitative estimate of drug-likeness (QED) is 0.662. The summed E-state index contributed by atoms with van der Waals surface area (Å²) in [7, 11) is 0. The van der Waals surface area contributed by atoms with Crippen molar-refractivity contribution in [3.8, 4) is 11.8 Å². The number of nitrogens with zero attached hydrogens (tertiary/aromatic N) is 1. The number of benzene rings is 2. The average molecular weight is 324 g/mol. The topological polar surface area (TPSA) is 45.0 Å². The van der Waals surface area contributed by atoms with Crippen LogP contribution in [0.5, 0.6) is 5.75 Å². The molecule has 0 atom stereocenters. The number of anilines is 1. The fourth-order valence-electron chi connectivity index (χ4n) is 1.88. The smallest absolute Gasteiger partial charge is 0.417 e. The average Bonchev–Trinajstić information content (AvgIpc) is 2.52. The van der Waals surface area contributed by atoms with E-state index in [-0.39, 0.29) is 24.7 Å². The van der Waals surface area contributed by atoms with Crippen LogP contribution < -0.4 is 10.1 Å². The van der Waals surface area contributed by atoms with Crippen LogP contribution in [0.25, 0.3) is 0 Å². The Hall–Kier alpha value is -2.75. The molecule has 0 fully saturated rings. The first-order valence-electron chi connectivity index (χ1n) is 6.64. The Morgan fingerprint density at radius 3 is 2.39 bits per heavy atom. The number of nitrogens with one attached hydrogen (secondary N) is 1. The Kier molecular flexibility index (Phi) is 5.06. The maximum absolute atomic E-state index is 12.8. The number of ether oxygens (including phenoxy) is 1. The van der Waals surface area contributed by atoms with Gasteiger partial charge < -0.3 is 10.1 Å². The van der Waals surface area contributed by atoms with Crippen LogP contribution in [0, 0.1) is 17.1 Å².